The molecule has 0 aromatic carbocycles. The summed E-state index contributed by atoms with van der Waals surface area (Å²) in [5, 5.41) is 0. The van der Waals surface area contributed by atoms with Crippen molar-refractivity contribution in [3.63, 3.8) is 0 Å². The monoisotopic (exact) mass is 249 g/mol. The molecule has 0 saturated carbocycles. The fourth-order valence-corrected chi connectivity index (χ4v) is 2.43. The predicted molar refractivity (Wildman–Crippen MR) is 55.2 cm³/mol. The third kappa shape index (κ3) is 2.29. The van der Waals surface area contributed by atoms with Gasteiger partial charge in [0.15, 0.2) is 0 Å². The second-order valence-electron chi connectivity index (χ2n) is 3.30. The first-order chi connectivity index (χ1) is 5.56. The summed E-state index contributed by atoms with van der Waals surface area (Å²) < 4.78 is 1.14. The first-order valence-corrected chi connectivity index (χ1v) is 5.25. The maximum absolute atomic E-state index is 5.05. The number of halogens is 1. The van der Waals surface area contributed by atoms with Crippen LogP contribution in [-0.4, -0.2) is 6.61 Å². The minimum absolute atomic E-state index is 0.00539. The van der Waals surface area contributed by atoms with Crippen molar-refractivity contribution in [2.45, 2.75) is 19.3 Å². The van der Waals surface area contributed by atoms with Crippen molar-refractivity contribution >= 4 is 27.3 Å². The number of rotatable bonds is 3. The number of nitrogens with two attached hydrogens (primary N) is 1. The van der Waals surface area contributed by atoms with Crippen LogP contribution in [0.15, 0.2) is 15.9 Å². The van der Waals surface area contributed by atoms with Crippen LogP contribution in [0.5, 0.6) is 0 Å². The second-order valence-corrected chi connectivity index (χ2v) is 5.76. The van der Waals surface area contributed by atoms with Gasteiger partial charge < -0.3 is 4.84 Å². The minimum atomic E-state index is 0.00539. The molecule has 2 nitrogen and oxygen atoms in total. The van der Waals surface area contributed by atoms with Crippen LogP contribution >= 0.6 is 27.3 Å². The number of thiophene rings is 1. The Morgan fingerprint density at radius 1 is 1.58 bits per heavy atom. The fraction of sp³-hybridized carbons (Fsp3) is 0.500. The van der Waals surface area contributed by atoms with Gasteiger partial charge in [0.1, 0.15) is 0 Å². The van der Waals surface area contributed by atoms with Gasteiger partial charge in [-0.25, -0.2) is 5.90 Å². The minimum Gasteiger partial charge on any atom is -0.304 e. The summed E-state index contributed by atoms with van der Waals surface area (Å²) in [6, 6.07) is 4.13. The summed E-state index contributed by atoms with van der Waals surface area (Å²) in [4.78, 5) is 5.94. The summed E-state index contributed by atoms with van der Waals surface area (Å²) in [6.45, 7) is 4.76. The van der Waals surface area contributed by atoms with E-state index >= 15 is 0 Å². The van der Waals surface area contributed by atoms with Gasteiger partial charge in [0.2, 0.25) is 0 Å². The maximum Gasteiger partial charge on any atom is 0.0778 e. The van der Waals surface area contributed by atoms with Gasteiger partial charge >= 0.3 is 0 Å². The summed E-state index contributed by atoms with van der Waals surface area (Å²) in [6.07, 6.45) is 0. The maximum atomic E-state index is 5.05. The van der Waals surface area contributed by atoms with Crippen molar-refractivity contribution in [3.8, 4) is 0 Å². The van der Waals surface area contributed by atoms with Gasteiger partial charge in [-0.2, -0.15) is 0 Å². The fourth-order valence-electron chi connectivity index (χ4n) is 0.957. The van der Waals surface area contributed by atoms with Crippen molar-refractivity contribution in [2.75, 3.05) is 6.61 Å². The van der Waals surface area contributed by atoms with E-state index in [4.69, 9.17) is 5.90 Å². The van der Waals surface area contributed by atoms with Gasteiger partial charge in [-0.05, 0) is 28.1 Å². The zero-order valence-corrected chi connectivity index (χ0v) is 9.54. The van der Waals surface area contributed by atoms with E-state index in [9.17, 15) is 0 Å². The Balaban J connectivity index is 2.81. The van der Waals surface area contributed by atoms with E-state index in [0.717, 1.165) is 3.79 Å². The Morgan fingerprint density at radius 3 is 2.67 bits per heavy atom. The molecule has 0 spiro atoms. The molecule has 1 heterocycles. The van der Waals surface area contributed by atoms with Crippen LogP contribution in [0.4, 0.5) is 0 Å². The van der Waals surface area contributed by atoms with Gasteiger partial charge in [0.05, 0.1) is 10.4 Å². The van der Waals surface area contributed by atoms with Crippen molar-refractivity contribution in [2.24, 2.45) is 5.90 Å². The molecule has 1 rings (SSSR count). The Bertz CT molecular complexity index is 259. The molecule has 0 amide bonds. The highest BCUT2D eigenvalue weighted by Gasteiger charge is 2.22. The SMILES string of the molecule is CC(C)(CON)c1ccc(Br)s1. The molecule has 2 N–H and O–H groups in total. The van der Waals surface area contributed by atoms with Crippen molar-refractivity contribution in [1.82, 2.24) is 0 Å². The lowest BCUT2D eigenvalue weighted by Crippen LogP contribution is -2.24. The predicted octanol–water partition coefficient (Wildman–Crippen LogP) is 2.68. The van der Waals surface area contributed by atoms with Crippen LogP contribution in [0.3, 0.4) is 0 Å². The third-order valence-electron chi connectivity index (χ3n) is 1.68. The highest BCUT2D eigenvalue weighted by molar-refractivity contribution is 9.11. The average Bonchev–Trinajstić information content (AvgIpc) is 2.36. The molecular weight excluding hydrogens is 238 g/mol. The molecule has 0 aliphatic heterocycles. The molecule has 0 aliphatic carbocycles. The summed E-state index contributed by atoms with van der Waals surface area (Å²) in [5.41, 5.74) is 0.00539. The highest BCUT2D eigenvalue weighted by atomic mass is 79.9. The molecule has 0 saturated heterocycles. The highest BCUT2D eigenvalue weighted by Crippen LogP contribution is 2.32. The van der Waals surface area contributed by atoms with Crippen molar-refractivity contribution < 1.29 is 4.84 Å². The quantitative estimate of drug-likeness (QED) is 0.837. The summed E-state index contributed by atoms with van der Waals surface area (Å²) in [7, 11) is 0. The van der Waals surface area contributed by atoms with Crippen LogP contribution in [0.25, 0.3) is 0 Å². The van der Waals surface area contributed by atoms with Crippen LogP contribution in [0.1, 0.15) is 18.7 Å². The topological polar surface area (TPSA) is 35.2 Å². The van der Waals surface area contributed by atoms with Gasteiger partial charge in [-0.3, -0.25) is 0 Å². The van der Waals surface area contributed by atoms with Crippen LogP contribution in [0.2, 0.25) is 0 Å². The average molecular weight is 250 g/mol. The normalized spacial score (nSPS) is 12.0. The first kappa shape index (κ1) is 10.2. The molecule has 0 fully saturated rings. The van der Waals surface area contributed by atoms with E-state index in [0.29, 0.717) is 6.61 Å². The molecule has 0 aliphatic rings. The summed E-state index contributed by atoms with van der Waals surface area (Å²) in [5.74, 6) is 5.05. The molecule has 1 aromatic rings. The van der Waals surface area contributed by atoms with E-state index in [-0.39, 0.29) is 5.41 Å². The molecule has 4 heteroatoms. The van der Waals surface area contributed by atoms with Crippen LogP contribution < -0.4 is 5.90 Å². The number of hydrogen-bond acceptors (Lipinski definition) is 3. The molecule has 68 valence electrons. The lowest BCUT2D eigenvalue weighted by Gasteiger charge is -2.20. The zero-order chi connectivity index (χ0) is 9.19. The molecule has 12 heavy (non-hydrogen) atoms. The molecule has 0 bridgehead atoms. The molecule has 0 unspecified atom stereocenters. The Labute approximate surface area is 84.8 Å². The lowest BCUT2D eigenvalue weighted by molar-refractivity contribution is 0.0976. The Morgan fingerprint density at radius 2 is 2.25 bits per heavy atom. The van der Waals surface area contributed by atoms with Crippen molar-refractivity contribution in [1.29, 1.82) is 0 Å². The molecule has 0 atom stereocenters. The number of hydrogen-bond donors (Lipinski definition) is 1. The van der Waals surface area contributed by atoms with Gasteiger partial charge in [0, 0.05) is 10.3 Å². The molecule has 1 aromatic heterocycles. The standard InChI is InChI=1S/C8H12BrNOS/c1-8(2,5-11-10)6-3-4-7(9)12-6/h3-4H,5,10H2,1-2H3. The van der Waals surface area contributed by atoms with Crippen molar-refractivity contribution in [3.05, 3.63) is 20.8 Å². The lowest BCUT2D eigenvalue weighted by atomic mass is 9.93. The van der Waals surface area contributed by atoms with E-state index < -0.39 is 0 Å². The third-order valence-corrected chi connectivity index (χ3v) is 3.67. The summed E-state index contributed by atoms with van der Waals surface area (Å²) >= 11 is 5.14. The van der Waals surface area contributed by atoms with E-state index in [2.05, 4.69) is 40.7 Å². The van der Waals surface area contributed by atoms with E-state index in [1.54, 1.807) is 11.3 Å². The van der Waals surface area contributed by atoms with Gasteiger partial charge in [0.25, 0.3) is 0 Å². The molecule has 0 radical (unpaired) electrons. The molecular formula is C8H12BrNOS. The van der Waals surface area contributed by atoms with Crippen LogP contribution in [-0.2, 0) is 10.3 Å². The second kappa shape index (κ2) is 3.87. The smallest absolute Gasteiger partial charge is 0.0778 e. The van der Waals surface area contributed by atoms with Crippen LogP contribution in [0, 0.1) is 0 Å². The largest absolute Gasteiger partial charge is 0.304 e. The first-order valence-electron chi connectivity index (χ1n) is 3.64. The van der Waals surface area contributed by atoms with Gasteiger partial charge in [-0.1, -0.05) is 13.8 Å². The zero-order valence-electron chi connectivity index (χ0n) is 7.13. The van der Waals surface area contributed by atoms with E-state index in [1.165, 1.54) is 4.88 Å². The van der Waals surface area contributed by atoms with Gasteiger partial charge in [-0.15, -0.1) is 11.3 Å². The Kier molecular flexibility index (Phi) is 3.29. The Hall–Kier alpha value is 0.1000. The van der Waals surface area contributed by atoms with E-state index in [1.807, 2.05) is 6.07 Å².